The van der Waals surface area contributed by atoms with Crippen LogP contribution < -0.4 is 11.4 Å². The monoisotopic (exact) mass is 223 g/mol. The third-order valence-corrected chi connectivity index (χ3v) is 2.88. The first-order chi connectivity index (χ1) is 7.11. The summed E-state index contributed by atoms with van der Waals surface area (Å²) in [6.45, 7) is 3.61. The summed E-state index contributed by atoms with van der Waals surface area (Å²) in [6.07, 6.45) is 0. The van der Waals surface area contributed by atoms with E-state index in [1.165, 1.54) is 18.4 Å². The lowest BCUT2D eigenvalue weighted by Gasteiger charge is -2.01. The van der Waals surface area contributed by atoms with Gasteiger partial charge in [0.05, 0.1) is 16.8 Å². The molecule has 2 N–H and O–H groups in total. The Morgan fingerprint density at radius 2 is 2.33 bits per heavy atom. The molecule has 0 saturated carbocycles. The molecule has 0 spiro atoms. The van der Waals surface area contributed by atoms with Crippen molar-refractivity contribution >= 4 is 32.4 Å². The van der Waals surface area contributed by atoms with Gasteiger partial charge in [-0.2, -0.15) is 0 Å². The smallest absolute Gasteiger partial charge is 0.347 e. The first-order valence-electron chi connectivity index (χ1n) is 4.18. The van der Waals surface area contributed by atoms with Crippen molar-refractivity contribution in [2.24, 2.45) is 0 Å². The van der Waals surface area contributed by atoms with Crippen LogP contribution >= 0.6 is 11.3 Å². The molecule has 0 atom stereocenters. The summed E-state index contributed by atoms with van der Waals surface area (Å²) in [5, 5.41) is 0.605. The number of thiophene rings is 1. The lowest BCUT2D eigenvalue weighted by molar-refractivity contribution is 0.368. The summed E-state index contributed by atoms with van der Waals surface area (Å²) in [7, 11) is 1.45. The van der Waals surface area contributed by atoms with Crippen LogP contribution in [0.2, 0.25) is 0 Å². The summed E-state index contributed by atoms with van der Waals surface area (Å²) in [5.74, 6) is 0.289. The third kappa shape index (κ3) is 1.61. The molecule has 2 rings (SSSR count). The van der Waals surface area contributed by atoms with Crippen LogP contribution in [0.25, 0.3) is 16.0 Å². The molecular formula is C10H9NO3S. The van der Waals surface area contributed by atoms with Gasteiger partial charge in [0.25, 0.3) is 0 Å². The van der Waals surface area contributed by atoms with Gasteiger partial charge < -0.3 is 14.9 Å². The van der Waals surface area contributed by atoms with Crippen LogP contribution in [-0.4, -0.2) is 7.11 Å². The Balaban J connectivity index is 2.71. The number of fused-ring (bicyclic) bond motifs is 1. The first-order valence-corrected chi connectivity index (χ1v) is 5.00. The Bertz CT molecular complexity index is 582. The summed E-state index contributed by atoms with van der Waals surface area (Å²) in [6, 6.07) is 3.30. The molecule has 0 saturated heterocycles. The Morgan fingerprint density at radius 3 is 3.00 bits per heavy atom. The zero-order valence-corrected chi connectivity index (χ0v) is 8.89. The number of hydrogen-bond donors (Lipinski definition) is 1. The van der Waals surface area contributed by atoms with Gasteiger partial charge in [-0.15, -0.1) is 11.3 Å². The second kappa shape index (κ2) is 3.43. The van der Waals surface area contributed by atoms with Crippen LogP contribution in [0.3, 0.4) is 0 Å². The number of nitrogens with two attached hydrogens (primary N) is 1. The topological polar surface area (TPSA) is 65.5 Å². The zero-order chi connectivity index (χ0) is 11.0. The molecule has 0 aromatic carbocycles. The van der Waals surface area contributed by atoms with Crippen molar-refractivity contribution < 1.29 is 9.15 Å². The molecule has 0 aliphatic rings. The molecule has 0 radical (unpaired) electrons. The van der Waals surface area contributed by atoms with E-state index in [0.29, 0.717) is 16.1 Å². The minimum absolute atomic E-state index is 0.289. The molecule has 0 unspecified atom stereocenters. The van der Waals surface area contributed by atoms with E-state index in [1.54, 1.807) is 12.1 Å². The average Bonchev–Trinajstić information content (AvgIpc) is 2.55. The molecule has 2 aromatic heterocycles. The maximum Gasteiger partial charge on any atom is 0.347 e. The van der Waals surface area contributed by atoms with E-state index < -0.39 is 5.63 Å². The first kappa shape index (κ1) is 9.79. The number of methoxy groups -OCH3 is 1. The molecule has 2 aromatic rings. The standard InChI is InChI=1S/C10H9NO3S/c1-5(13-2)6-3-8-7(14-10(6)12)4-9(11)15-8/h3-4H,1,11H2,2H3. The molecule has 15 heavy (non-hydrogen) atoms. The normalized spacial score (nSPS) is 10.5. The summed E-state index contributed by atoms with van der Waals surface area (Å²) in [4.78, 5) is 11.5. The number of nitrogen functional groups attached to an aromatic ring is 1. The van der Waals surface area contributed by atoms with Crippen LogP contribution in [0, 0.1) is 0 Å². The van der Waals surface area contributed by atoms with E-state index >= 15 is 0 Å². The van der Waals surface area contributed by atoms with Crippen LogP contribution in [0.15, 0.2) is 27.9 Å². The Kier molecular flexibility index (Phi) is 2.24. The Morgan fingerprint density at radius 1 is 1.60 bits per heavy atom. The Labute approximate surface area is 89.6 Å². The van der Waals surface area contributed by atoms with Gasteiger partial charge in [-0.25, -0.2) is 4.79 Å². The molecular weight excluding hydrogens is 214 g/mol. The van der Waals surface area contributed by atoms with Gasteiger partial charge in [0.2, 0.25) is 0 Å². The quantitative estimate of drug-likeness (QED) is 0.791. The van der Waals surface area contributed by atoms with Crippen molar-refractivity contribution in [3.8, 4) is 0 Å². The molecule has 0 fully saturated rings. The van der Waals surface area contributed by atoms with E-state index in [0.717, 1.165) is 4.70 Å². The number of ether oxygens (including phenoxy) is 1. The molecule has 0 amide bonds. The van der Waals surface area contributed by atoms with Gasteiger partial charge in [0, 0.05) is 6.07 Å². The maximum atomic E-state index is 11.5. The number of hydrogen-bond acceptors (Lipinski definition) is 5. The molecule has 0 aliphatic carbocycles. The van der Waals surface area contributed by atoms with Gasteiger partial charge >= 0.3 is 5.63 Å². The summed E-state index contributed by atoms with van der Waals surface area (Å²) >= 11 is 1.35. The SMILES string of the molecule is C=C(OC)c1cc2sc(N)cc2oc1=O. The highest BCUT2D eigenvalue weighted by Crippen LogP contribution is 2.27. The van der Waals surface area contributed by atoms with Crippen molar-refractivity contribution in [1.29, 1.82) is 0 Å². The molecule has 5 heteroatoms. The van der Waals surface area contributed by atoms with Crippen LogP contribution in [0.1, 0.15) is 5.56 Å². The lowest BCUT2D eigenvalue weighted by Crippen LogP contribution is -2.05. The maximum absolute atomic E-state index is 11.5. The second-order valence-corrected chi connectivity index (χ2v) is 4.07. The highest BCUT2D eigenvalue weighted by atomic mass is 32.1. The minimum atomic E-state index is -0.466. The van der Waals surface area contributed by atoms with Crippen LogP contribution in [0.4, 0.5) is 5.00 Å². The van der Waals surface area contributed by atoms with Gasteiger partial charge in [0.15, 0.2) is 5.58 Å². The van der Waals surface area contributed by atoms with Crippen molar-refractivity contribution in [1.82, 2.24) is 0 Å². The van der Waals surface area contributed by atoms with E-state index in [9.17, 15) is 4.79 Å². The van der Waals surface area contributed by atoms with E-state index in [1.807, 2.05) is 0 Å². The highest BCUT2D eigenvalue weighted by molar-refractivity contribution is 7.22. The lowest BCUT2D eigenvalue weighted by atomic mass is 10.2. The van der Waals surface area contributed by atoms with Crippen molar-refractivity contribution in [2.45, 2.75) is 0 Å². The third-order valence-electron chi connectivity index (χ3n) is 1.99. The highest BCUT2D eigenvalue weighted by Gasteiger charge is 2.10. The van der Waals surface area contributed by atoms with Gasteiger partial charge in [-0.05, 0) is 6.07 Å². The van der Waals surface area contributed by atoms with E-state index in [2.05, 4.69) is 6.58 Å². The predicted molar refractivity (Wildman–Crippen MR) is 60.8 cm³/mol. The molecule has 0 aliphatic heterocycles. The Hall–Kier alpha value is -1.75. The minimum Gasteiger partial charge on any atom is -0.496 e. The number of rotatable bonds is 2. The van der Waals surface area contributed by atoms with Crippen LogP contribution in [-0.2, 0) is 4.74 Å². The average molecular weight is 223 g/mol. The summed E-state index contributed by atoms with van der Waals surface area (Å²) < 4.78 is 10.8. The zero-order valence-electron chi connectivity index (χ0n) is 8.07. The molecule has 0 bridgehead atoms. The molecule has 2 heterocycles. The summed E-state index contributed by atoms with van der Waals surface area (Å²) in [5.41, 5.74) is 5.96. The van der Waals surface area contributed by atoms with Crippen molar-refractivity contribution in [3.63, 3.8) is 0 Å². The van der Waals surface area contributed by atoms with Gasteiger partial charge in [-0.1, -0.05) is 6.58 Å². The molecule has 78 valence electrons. The fourth-order valence-electron chi connectivity index (χ4n) is 1.24. The van der Waals surface area contributed by atoms with Crippen molar-refractivity contribution in [2.75, 3.05) is 12.8 Å². The van der Waals surface area contributed by atoms with Crippen molar-refractivity contribution in [3.05, 3.63) is 34.7 Å². The van der Waals surface area contributed by atoms with E-state index in [-0.39, 0.29) is 5.76 Å². The van der Waals surface area contributed by atoms with E-state index in [4.69, 9.17) is 14.9 Å². The number of anilines is 1. The van der Waals surface area contributed by atoms with Gasteiger partial charge in [0.1, 0.15) is 11.3 Å². The van der Waals surface area contributed by atoms with Gasteiger partial charge in [-0.3, -0.25) is 0 Å². The predicted octanol–water partition coefficient (Wildman–Crippen LogP) is 2.05. The second-order valence-electron chi connectivity index (χ2n) is 2.95. The molecule has 4 nitrogen and oxygen atoms in total. The fraction of sp³-hybridized carbons (Fsp3) is 0.100. The fourth-order valence-corrected chi connectivity index (χ4v) is 2.03. The largest absolute Gasteiger partial charge is 0.496 e. The van der Waals surface area contributed by atoms with Crippen LogP contribution in [0.5, 0.6) is 0 Å².